The highest BCUT2D eigenvalue weighted by Gasteiger charge is 2.26. The lowest BCUT2D eigenvalue weighted by atomic mass is 9.79. The summed E-state index contributed by atoms with van der Waals surface area (Å²) in [5.41, 5.74) is 1.42. The van der Waals surface area contributed by atoms with E-state index in [0.717, 1.165) is 13.1 Å². The Balaban J connectivity index is 1.37. The van der Waals surface area contributed by atoms with Crippen molar-refractivity contribution in [2.24, 2.45) is 11.8 Å². The summed E-state index contributed by atoms with van der Waals surface area (Å²) in [7, 11) is 0. The Labute approximate surface area is 141 Å². The zero-order chi connectivity index (χ0) is 15.9. The molecule has 0 radical (unpaired) electrons. The van der Waals surface area contributed by atoms with Gasteiger partial charge < -0.3 is 10.4 Å². The largest absolute Gasteiger partial charge is 0.396 e. The third-order valence-electron chi connectivity index (χ3n) is 5.81. The monoisotopic (exact) mass is 316 g/mol. The fraction of sp³-hybridized carbons (Fsp3) is 0.700. The first kappa shape index (κ1) is 16.9. The van der Waals surface area contributed by atoms with Gasteiger partial charge in [-0.1, -0.05) is 43.2 Å². The van der Waals surface area contributed by atoms with E-state index in [1.54, 1.807) is 0 Å². The van der Waals surface area contributed by atoms with Crippen LogP contribution in [-0.2, 0) is 6.54 Å². The summed E-state index contributed by atoms with van der Waals surface area (Å²) in [5.74, 6) is 1.23. The van der Waals surface area contributed by atoms with Gasteiger partial charge in [0, 0.05) is 19.2 Å². The molecule has 3 heteroatoms. The van der Waals surface area contributed by atoms with Crippen LogP contribution in [0, 0.1) is 11.8 Å². The van der Waals surface area contributed by atoms with Crippen molar-refractivity contribution in [2.75, 3.05) is 26.2 Å². The highest BCUT2D eigenvalue weighted by molar-refractivity contribution is 5.14. The van der Waals surface area contributed by atoms with Gasteiger partial charge in [0.25, 0.3) is 0 Å². The Morgan fingerprint density at radius 1 is 0.957 bits per heavy atom. The Morgan fingerprint density at radius 2 is 1.65 bits per heavy atom. The summed E-state index contributed by atoms with van der Waals surface area (Å²) in [6, 6.07) is 11.5. The first-order chi connectivity index (χ1) is 11.3. The number of nitrogens with one attached hydrogen (secondary N) is 1. The van der Waals surface area contributed by atoms with Crippen molar-refractivity contribution in [1.82, 2.24) is 10.2 Å². The van der Waals surface area contributed by atoms with E-state index >= 15 is 0 Å². The van der Waals surface area contributed by atoms with Crippen LogP contribution in [0.5, 0.6) is 0 Å². The van der Waals surface area contributed by atoms with Crippen molar-refractivity contribution in [3.63, 3.8) is 0 Å². The lowest BCUT2D eigenvalue weighted by Gasteiger charge is -2.35. The standard InChI is InChI=1S/C20H32N2O/c23-16-19-9-5-4-8-18(19)14-21-20-10-12-22(13-11-20)15-17-6-2-1-3-7-17/h1-3,6-7,18-21,23H,4-5,8-16H2. The fourth-order valence-corrected chi connectivity index (χ4v) is 4.25. The van der Waals surface area contributed by atoms with Crippen molar-refractivity contribution < 1.29 is 5.11 Å². The van der Waals surface area contributed by atoms with Gasteiger partial charge in [-0.05, 0) is 62.7 Å². The minimum absolute atomic E-state index is 0.377. The SMILES string of the molecule is OCC1CCCCC1CNC1CCN(Cc2ccccc2)CC1. The van der Waals surface area contributed by atoms with Crippen LogP contribution < -0.4 is 5.32 Å². The normalized spacial score (nSPS) is 27.2. The molecular weight excluding hydrogens is 284 g/mol. The van der Waals surface area contributed by atoms with Crippen LogP contribution >= 0.6 is 0 Å². The van der Waals surface area contributed by atoms with E-state index < -0.39 is 0 Å². The number of hydrogen-bond donors (Lipinski definition) is 2. The molecule has 128 valence electrons. The molecule has 3 nitrogen and oxygen atoms in total. The molecule has 1 aromatic rings. The van der Waals surface area contributed by atoms with E-state index in [1.165, 1.54) is 57.2 Å². The van der Waals surface area contributed by atoms with Crippen LogP contribution in [0.1, 0.15) is 44.1 Å². The predicted octanol–water partition coefficient (Wildman–Crippen LogP) is 3.04. The number of likely N-dealkylation sites (tertiary alicyclic amines) is 1. The van der Waals surface area contributed by atoms with Gasteiger partial charge in [-0.25, -0.2) is 0 Å². The molecule has 23 heavy (non-hydrogen) atoms. The molecule has 1 aliphatic heterocycles. The quantitative estimate of drug-likeness (QED) is 0.847. The molecule has 0 spiro atoms. The first-order valence-corrected chi connectivity index (χ1v) is 9.45. The molecule has 0 amide bonds. The molecule has 2 aliphatic rings. The van der Waals surface area contributed by atoms with Gasteiger partial charge in [0.1, 0.15) is 0 Å². The smallest absolute Gasteiger partial charge is 0.0462 e. The number of nitrogens with zero attached hydrogens (tertiary/aromatic N) is 1. The van der Waals surface area contributed by atoms with Gasteiger partial charge >= 0.3 is 0 Å². The van der Waals surface area contributed by atoms with Crippen molar-refractivity contribution in [2.45, 2.75) is 51.1 Å². The Morgan fingerprint density at radius 3 is 2.35 bits per heavy atom. The molecule has 2 unspecified atom stereocenters. The molecule has 3 rings (SSSR count). The second-order valence-corrected chi connectivity index (χ2v) is 7.43. The summed E-state index contributed by atoms with van der Waals surface area (Å²) in [5, 5.41) is 13.3. The Bertz CT molecular complexity index is 442. The minimum atomic E-state index is 0.377. The third-order valence-corrected chi connectivity index (χ3v) is 5.81. The fourth-order valence-electron chi connectivity index (χ4n) is 4.25. The topological polar surface area (TPSA) is 35.5 Å². The molecule has 1 saturated heterocycles. The average molecular weight is 316 g/mol. The zero-order valence-corrected chi connectivity index (χ0v) is 14.3. The summed E-state index contributed by atoms with van der Waals surface area (Å²) in [6.07, 6.45) is 7.67. The number of aliphatic hydroxyl groups is 1. The molecule has 1 aromatic carbocycles. The second-order valence-electron chi connectivity index (χ2n) is 7.43. The third kappa shape index (κ3) is 5.03. The molecular formula is C20H32N2O. The lowest BCUT2D eigenvalue weighted by molar-refractivity contribution is 0.124. The molecule has 2 atom stereocenters. The van der Waals surface area contributed by atoms with E-state index in [1.807, 2.05) is 0 Å². The van der Waals surface area contributed by atoms with Crippen LogP contribution in [0.4, 0.5) is 0 Å². The zero-order valence-electron chi connectivity index (χ0n) is 14.3. The van der Waals surface area contributed by atoms with Gasteiger partial charge in [0.05, 0.1) is 0 Å². The van der Waals surface area contributed by atoms with Gasteiger partial charge in [-0.2, -0.15) is 0 Å². The van der Waals surface area contributed by atoms with Crippen molar-refractivity contribution >= 4 is 0 Å². The van der Waals surface area contributed by atoms with E-state index in [2.05, 4.69) is 40.5 Å². The average Bonchev–Trinajstić information content (AvgIpc) is 2.62. The van der Waals surface area contributed by atoms with Gasteiger partial charge in [-0.15, -0.1) is 0 Å². The summed E-state index contributed by atoms with van der Waals surface area (Å²) >= 11 is 0. The second kappa shape index (κ2) is 8.81. The molecule has 2 fully saturated rings. The van der Waals surface area contributed by atoms with E-state index in [-0.39, 0.29) is 0 Å². The predicted molar refractivity (Wildman–Crippen MR) is 95.3 cm³/mol. The molecule has 0 aromatic heterocycles. The summed E-state index contributed by atoms with van der Waals surface area (Å²) in [4.78, 5) is 2.57. The van der Waals surface area contributed by atoms with Gasteiger partial charge in [0.2, 0.25) is 0 Å². The number of hydrogen-bond acceptors (Lipinski definition) is 3. The molecule has 0 bridgehead atoms. The minimum Gasteiger partial charge on any atom is -0.396 e. The molecule has 2 N–H and O–H groups in total. The van der Waals surface area contributed by atoms with Crippen molar-refractivity contribution in [1.29, 1.82) is 0 Å². The van der Waals surface area contributed by atoms with Crippen molar-refractivity contribution in [3.05, 3.63) is 35.9 Å². The molecule has 1 aliphatic carbocycles. The molecule has 1 heterocycles. The maximum atomic E-state index is 9.54. The van der Waals surface area contributed by atoms with E-state index in [0.29, 0.717) is 24.5 Å². The maximum Gasteiger partial charge on any atom is 0.0462 e. The Kier molecular flexibility index (Phi) is 6.49. The van der Waals surface area contributed by atoms with Gasteiger partial charge in [0.15, 0.2) is 0 Å². The molecule has 1 saturated carbocycles. The highest BCUT2D eigenvalue weighted by atomic mass is 16.3. The first-order valence-electron chi connectivity index (χ1n) is 9.45. The van der Waals surface area contributed by atoms with Crippen LogP contribution in [0.2, 0.25) is 0 Å². The lowest BCUT2D eigenvalue weighted by Crippen LogP contribution is -2.44. The van der Waals surface area contributed by atoms with Crippen LogP contribution in [-0.4, -0.2) is 42.3 Å². The highest BCUT2D eigenvalue weighted by Crippen LogP contribution is 2.29. The summed E-state index contributed by atoms with van der Waals surface area (Å²) < 4.78 is 0. The van der Waals surface area contributed by atoms with Crippen molar-refractivity contribution in [3.8, 4) is 0 Å². The maximum absolute atomic E-state index is 9.54. The van der Waals surface area contributed by atoms with Crippen LogP contribution in [0.25, 0.3) is 0 Å². The number of benzene rings is 1. The van der Waals surface area contributed by atoms with Crippen LogP contribution in [0.15, 0.2) is 30.3 Å². The Hall–Kier alpha value is -0.900. The number of rotatable bonds is 6. The van der Waals surface area contributed by atoms with Gasteiger partial charge in [-0.3, -0.25) is 4.90 Å². The number of piperidine rings is 1. The van der Waals surface area contributed by atoms with Crippen LogP contribution in [0.3, 0.4) is 0 Å². The summed E-state index contributed by atoms with van der Waals surface area (Å²) in [6.45, 7) is 4.96. The van der Waals surface area contributed by atoms with E-state index in [9.17, 15) is 5.11 Å². The van der Waals surface area contributed by atoms with E-state index in [4.69, 9.17) is 0 Å². The number of aliphatic hydroxyl groups excluding tert-OH is 1.